The van der Waals surface area contributed by atoms with E-state index in [1.54, 1.807) is 18.2 Å². The van der Waals surface area contributed by atoms with Crippen molar-refractivity contribution < 1.29 is 24.5 Å². The molecule has 1 aliphatic heterocycles. The maximum atomic E-state index is 11.9. The van der Waals surface area contributed by atoms with Gasteiger partial charge < -0.3 is 20.3 Å². The van der Waals surface area contributed by atoms with Crippen LogP contribution in [0.2, 0.25) is 0 Å². The number of fused-ring (bicyclic) bond motifs is 1. The minimum absolute atomic E-state index is 0.0538. The summed E-state index contributed by atoms with van der Waals surface area (Å²) in [6, 6.07) is 4.07. The quantitative estimate of drug-likeness (QED) is 0.752. The molecule has 6 nitrogen and oxygen atoms in total. The Hall–Kier alpha value is -1.86. The lowest BCUT2D eigenvalue weighted by molar-refractivity contribution is -0.142. The topological polar surface area (TPSA) is 95.9 Å². The zero-order valence-corrected chi connectivity index (χ0v) is 11.9. The summed E-state index contributed by atoms with van der Waals surface area (Å²) in [5, 5.41) is 19.9. The molecule has 7 heteroatoms. The number of aliphatic hydroxyl groups is 1. The summed E-state index contributed by atoms with van der Waals surface area (Å²) in [4.78, 5) is 22.7. The number of benzene rings is 1. The van der Waals surface area contributed by atoms with Gasteiger partial charge in [-0.25, -0.2) is 4.79 Å². The van der Waals surface area contributed by atoms with Gasteiger partial charge in [0, 0.05) is 10.0 Å². The number of carboxylic acids is 1. The second kappa shape index (κ2) is 6.06. The van der Waals surface area contributed by atoms with Gasteiger partial charge in [0.2, 0.25) is 0 Å². The van der Waals surface area contributed by atoms with Crippen LogP contribution in [0, 0.1) is 0 Å². The van der Waals surface area contributed by atoms with Crippen LogP contribution in [-0.2, 0) is 9.59 Å². The highest BCUT2D eigenvalue weighted by atomic mass is 79.9. The van der Waals surface area contributed by atoms with Gasteiger partial charge in [0.25, 0.3) is 5.91 Å². The van der Waals surface area contributed by atoms with Crippen LogP contribution in [-0.4, -0.2) is 41.3 Å². The summed E-state index contributed by atoms with van der Waals surface area (Å²) in [5.41, 5.74) is 1.03. The Balaban J connectivity index is 2.18. The number of aliphatic carboxylic acids is 1. The Morgan fingerprint density at radius 2 is 2.20 bits per heavy atom. The molecule has 2 rings (SSSR count). The number of ether oxygens (including phenoxy) is 1. The summed E-state index contributed by atoms with van der Waals surface area (Å²) in [6.07, 6.45) is 1.63. The smallest absolute Gasteiger partial charge is 0.328 e. The predicted octanol–water partition coefficient (Wildman–Crippen LogP) is 0.787. The highest BCUT2D eigenvalue weighted by molar-refractivity contribution is 9.10. The van der Waals surface area contributed by atoms with Gasteiger partial charge in [-0.1, -0.05) is 15.9 Å². The molecule has 1 aromatic rings. The molecule has 1 aromatic carbocycles. The van der Waals surface area contributed by atoms with E-state index in [0.29, 0.717) is 11.3 Å². The van der Waals surface area contributed by atoms with Gasteiger partial charge in [-0.05, 0) is 24.3 Å². The predicted molar refractivity (Wildman–Crippen MR) is 74.3 cm³/mol. The third-order valence-electron chi connectivity index (χ3n) is 2.76. The molecule has 1 heterocycles. The lowest BCUT2D eigenvalue weighted by Crippen LogP contribution is -2.44. The molecule has 1 unspecified atom stereocenters. The number of rotatable bonds is 4. The van der Waals surface area contributed by atoms with E-state index in [-0.39, 0.29) is 6.61 Å². The van der Waals surface area contributed by atoms with Gasteiger partial charge in [0.1, 0.15) is 12.4 Å². The fourth-order valence-electron chi connectivity index (χ4n) is 1.72. The van der Waals surface area contributed by atoms with E-state index in [1.165, 1.54) is 0 Å². The molecule has 20 heavy (non-hydrogen) atoms. The van der Waals surface area contributed by atoms with Crippen molar-refractivity contribution in [2.75, 3.05) is 13.2 Å². The molecule has 106 valence electrons. The molecule has 1 atom stereocenters. The maximum Gasteiger partial charge on any atom is 0.328 e. The second-order valence-corrected chi connectivity index (χ2v) is 5.10. The van der Waals surface area contributed by atoms with Gasteiger partial charge in [0.15, 0.2) is 6.04 Å². The molecule has 0 radical (unpaired) electrons. The monoisotopic (exact) mass is 341 g/mol. The molecular weight excluding hydrogens is 330 g/mol. The molecule has 0 aromatic heterocycles. The number of carbonyl (C=O) groups excluding carboxylic acids is 1. The van der Waals surface area contributed by atoms with Crippen LogP contribution in [0.15, 0.2) is 28.2 Å². The fraction of sp³-hybridized carbons (Fsp3) is 0.231. The van der Waals surface area contributed by atoms with E-state index in [4.69, 9.17) is 14.9 Å². The van der Waals surface area contributed by atoms with Crippen molar-refractivity contribution in [1.82, 2.24) is 5.32 Å². The molecule has 0 fully saturated rings. The molecule has 0 aliphatic carbocycles. The molecule has 1 aliphatic rings. The average Bonchev–Trinajstić information content (AvgIpc) is 2.43. The SMILES string of the molecule is O=C(NC(CO)C(=O)O)C1=Cc2cc(Br)ccc2OC1. The Labute approximate surface area is 123 Å². The van der Waals surface area contributed by atoms with Crippen LogP contribution >= 0.6 is 15.9 Å². The van der Waals surface area contributed by atoms with Gasteiger partial charge >= 0.3 is 5.97 Å². The Morgan fingerprint density at radius 1 is 1.45 bits per heavy atom. The summed E-state index contributed by atoms with van der Waals surface area (Å²) >= 11 is 3.32. The first-order valence-corrected chi connectivity index (χ1v) is 6.58. The molecule has 0 bridgehead atoms. The van der Waals surface area contributed by atoms with Gasteiger partial charge in [0.05, 0.1) is 12.2 Å². The molecule has 3 N–H and O–H groups in total. The summed E-state index contributed by atoms with van der Waals surface area (Å²) in [6.45, 7) is -0.615. The second-order valence-electron chi connectivity index (χ2n) is 4.19. The van der Waals surface area contributed by atoms with Crippen molar-refractivity contribution in [3.8, 4) is 5.75 Å². The van der Waals surface area contributed by atoms with E-state index >= 15 is 0 Å². The summed E-state index contributed by atoms with van der Waals surface area (Å²) < 4.78 is 6.27. The number of aliphatic hydroxyl groups excluding tert-OH is 1. The largest absolute Gasteiger partial charge is 0.488 e. The van der Waals surface area contributed by atoms with Crippen molar-refractivity contribution in [3.05, 3.63) is 33.8 Å². The third-order valence-corrected chi connectivity index (χ3v) is 3.26. The number of carboxylic acid groups (broad SMARTS) is 1. The molecule has 0 saturated heterocycles. The highest BCUT2D eigenvalue weighted by Crippen LogP contribution is 2.29. The van der Waals surface area contributed by atoms with Crippen molar-refractivity contribution >= 4 is 33.9 Å². The molecule has 0 spiro atoms. The minimum atomic E-state index is -1.33. The lowest BCUT2D eigenvalue weighted by atomic mass is 10.1. The van der Waals surface area contributed by atoms with Crippen molar-refractivity contribution in [3.63, 3.8) is 0 Å². The standard InChI is InChI=1S/C13H12BrNO5/c14-9-1-2-11-7(4-9)3-8(6-20-11)12(17)15-10(5-16)13(18)19/h1-4,10,16H,5-6H2,(H,15,17)(H,18,19). The fourth-order valence-corrected chi connectivity index (χ4v) is 2.09. The van der Waals surface area contributed by atoms with Crippen LogP contribution in [0.4, 0.5) is 0 Å². The maximum absolute atomic E-state index is 11.9. The van der Waals surface area contributed by atoms with Crippen molar-refractivity contribution in [1.29, 1.82) is 0 Å². The Kier molecular flexibility index (Phi) is 4.41. The van der Waals surface area contributed by atoms with E-state index in [1.807, 2.05) is 6.07 Å². The van der Waals surface area contributed by atoms with Crippen LogP contribution in [0.3, 0.4) is 0 Å². The van der Waals surface area contributed by atoms with Crippen LogP contribution in [0.5, 0.6) is 5.75 Å². The molecule has 1 amide bonds. The van der Waals surface area contributed by atoms with Gasteiger partial charge in [-0.15, -0.1) is 0 Å². The minimum Gasteiger partial charge on any atom is -0.488 e. The van der Waals surface area contributed by atoms with E-state index in [9.17, 15) is 9.59 Å². The zero-order chi connectivity index (χ0) is 14.7. The Morgan fingerprint density at radius 3 is 2.85 bits per heavy atom. The average molecular weight is 342 g/mol. The number of amides is 1. The number of halogens is 1. The highest BCUT2D eigenvalue weighted by Gasteiger charge is 2.23. The van der Waals surface area contributed by atoms with Crippen LogP contribution in [0.1, 0.15) is 5.56 Å². The third kappa shape index (κ3) is 3.17. The number of nitrogens with one attached hydrogen (secondary N) is 1. The van der Waals surface area contributed by atoms with Crippen molar-refractivity contribution in [2.24, 2.45) is 0 Å². The van der Waals surface area contributed by atoms with Gasteiger partial charge in [-0.3, -0.25) is 4.79 Å². The first kappa shape index (κ1) is 14.5. The lowest BCUT2D eigenvalue weighted by Gasteiger charge is -2.19. The van der Waals surface area contributed by atoms with E-state index in [0.717, 1.165) is 10.0 Å². The van der Waals surface area contributed by atoms with Crippen LogP contribution < -0.4 is 10.1 Å². The number of carbonyl (C=O) groups is 2. The zero-order valence-electron chi connectivity index (χ0n) is 10.3. The van der Waals surface area contributed by atoms with E-state index in [2.05, 4.69) is 21.2 Å². The van der Waals surface area contributed by atoms with Crippen molar-refractivity contribution in [2.45, 2.75) is 6.04 Å². The first-order chi connectivity index (χ1) is 9.51. The van der Waals surface area contributed by atoms with Crippen LogP contribution in [0.25, 0.3) is 6.08 Å². The molecule has 0 saturated carbocycles. The summed E-state index contributed by atoms with van der Waals surface area (Å²) in [5.74, 6) is -1.21. The Bertz CT molecular complexity index is 584. The summed E-state index contributed by atoms with van der Waals surface area (Å²) in [7, 11) is 0. The van der Waals surface area contributed by atoms with Gasteiger partial charge in [-0.2, -0.15) is 0 Å². The molecular formula is C13H12BrNO5. The van der Waals surface area contributed by atoms with E-state index < -0.39 is 24.5 Å². The number of hydrogen-bond acceptors (Lipinski definition) is 4. The number of hydrogen-bond donors (Lipinski definition) is 3. The normalized spacial score (nSPS) is 14.6. The first-order valence-electron chi connectivity index (χ1n) is 5.78.